The van der Waals surface area contributed by atoms with Crippen LogP contribution >= 0.6 is 0 Å². The van der Waals surface area contributed by atoms with E-state index < -0.39 is 5.82 Å². The minimum absolute atomic E-state index is 0.116. The quantitative estimate of drug-likeness (QED) is 0.189. The van der Waals surface area contributed by atoms with Crippen LogP contribution in [0.2, 0.25) is 0 Å². The lowest BCUT2D eigenvalue weighted by atomic mass is 9.76. The second kappa shape index (κ2) is 14.4. The normalized spacial score (nSPS) is 15.5. The lowest BCUT2D eigenvalue weighted by Gasteiger charge is -2.33. The molecule has 1 aliphatic rings. The summed E-state index contributed by atoms with van der Waals surface area (Å²) in [6.45, 7) is 9.55. The first-order chi connectivity index (χ1) is 18.7. The number of aliphatic imine (C=N–C) groups is 1. The number of rotatable bonds is 12. The van der Waals surface area contributed by atoms with Gasteiger partial charge in [-0.3, -0.25) is 9.59 Å². The zero-order valence-corrected chi connectivity index (χ0v) is 23.2. The van der Waals surface area contributed by atoms with Crippen molar-refractivity contribution in [3.63, 3.8) is 0 Å². The van der Waals surface area contributed by atoms with Gasteiger partial charge in [0.2, 0.25) is 11.8 Å². The first kappa shape index (κ1) is 29.8. The molecule has 2 aromatic carbocycles. The number of nitrogens with one attached hydrogen (secondary N) is 4. The molecule has 0 aromatic heterocycles. The van der Waals surface area contributed by atoms with Crippen LogP contribution in [0.4, 0.5) is 15.8 Å². The van der Waals surface area contributed by atoms with Gasteiger partial charge in [0.05, 0.1) is 5.22 Å². The summed E-state index contributed by atoms with van der Waals surface area (Å²) >= 11 is 0. The molecule has 0 aliphatic heterocycles. The van der Waals surface area contributed by atoms with Gasteiger partial charge in [0.25, 0.3) is 0 Å². The minimum Gasteiger partial charge on any atom is -0.492 e. The molecule has 0 spiro atoms. The molecule has 1 saturated carbocycles. The average molecular weight is 538 g/mol. The van der Waals surface area contributed by atoms with E-state index in [-0.39, 0.29) is 28.9 Å². The number of benzene rings is 2. The molecule has 1 aliphatic carbocycles. The summed E-state index contributed by atoms with van der Waals surface area (Å²) in [6, 6.07) is 9.87. The third kappa shape index (κ3) is 9.21. The predicted octanol–water partition coefficient (Wildman–Crippen LogP) is 3.52. The van der Waals surface area contributed by atoms with Gasteiger partial charge in [0, 0.05) is 36.7 Å². The van der Waals surface area contributed by atoms with E-state index in [1.165, 1.54) is 25.3 Å². The van der Waals surface area contributed by atoms with E-state index in [1.54, 1.807) is 43.5 Å². The number of ether oxygens (including phenoxy) is 1. The molecule has 210 valence electrons. The maximum absolute atomic E-state index is 15.0. The van der Waals surface area contributed by atoms with Crippen LogP contribution < -0.4 is 36.4 Å². The fourth-order valence-corrected chi connectivity index (χ4v) is 4.63. The summed E-state index contributed by atoms with van der Waals surface area (Å²) in [5.41, 5.74) is 1.30. The number of nitrogens with zero attached hydrogens (tertiary/aromatic N) is 1. The predicted molar refractivity (Wildman–Crippen MR) is 156 cm³/mol. The Hall–Kier alpha value is -3.72. The number of carbonyl (C=O) groups excluding carboxylic acids is 2. The third-order valence-electron chi connectivity index (χ3n) is 6.79. The molecule has 0 saturated heterocycles. The molecule has 1 fully saturated rings. The Labute approximate surface area is 229 Å². The van der Waals surface area contributed by atoms with E-state index in [0.29, 0.717) is 47.9 Å². The summed E-state index contributed by atoms with van der Waals surface area (Å²) < 4.78 is 20.6. The van der Waals surface area contributed by atoms with Gasteiger partial charge in [0.15, 0.2) is 0 Å². The molecule has 0 unspecified atom stereocenters. The summed E-state index contributed by atoms with van der Waals surface area (Å²) in [5.74, 6) is -0.478. The fraction of sp³-hybridized carbons (Fsp3) is 0.433. The third-order valence-corrected chi connectivity index (χ3v) is 6.79. The van der Waals surface area contributed by atoms with Crippen LogP contribution in [0.25, 0.3) is 12.4 Å². The van der Waals surface area contributed by atoms with E-state index in [4.69, 9.17) is 4.74 Å². The Morgan fingerprint density at radius 1 is 1.08 bits per heavy atom. The van der Waals surface area contributed by atoms with Crippen LogP contribution in [-0.2, 0) is 9.59 Å². The monoisotopic (exact) mass is 537 g/mol. The van der Waals surface area contributed by atoms with E-state index in [2.05, 4.69) is 39.8 Å². The smallest absolute Gasteiger partial charge is 0.233 e. The fourth-order valence-electron chi connectivity index (χ4n) is 4.63. The van der Waals surface area contributed by atoms with Gasteiger partial charge in [-0.1, -0.05) is 32.8 Å². The Morgan fingerprint density at radius 3 is 2.36 bits per heavy atom. The zero-order valence-electron chi connectivity index (χ0n) is 23.2. The molecule has 3 rings (SSSR count). The van der Waals surface area contributed by atoms with Crippen LogP contribution in [0.15, 0.2) is 41.4 Å². The summed E-state index contributed by atoms with van der Waals surface area (Å²) in [4.78, 5) is 29.0. The Kier molecular flexibility index (Phi) is 11.0. The van der Waals surface area contributed by atoms with Crippen LogP contribution in [0.1, 0.15) is 52.4 Å². The van der Waals surface area contributed by atoms with Crippen molar-refractivity contribution >= 4 is 41.8 Å². The Balaban J connectivity index is 1.62. The molecule has 0 atom stereocenters. The summed E-state index contributed by atoms with van der Waals surface area (Å²) in [6.07, 6.45) is 7.15. The van der Waals surface area contributed by atoms with Crippen molar-refractivity contribution in [1.29, 1.82) is 0 Å². The van der Waals surface area contributed by atoms with Crippen LogP contribution in [0, 0.1) is 11.2 Å². The molecule has 9 heteroatoms. The number of carbonyl (C=O) groups is 2. The number of hydrogen-bond donors (Lipinski definition) is 4. The van der Waals surface area contributed by atoms with Crippen LogP contribution in [0.3, 0.4) is 0 Å². The summed E-state index contributed by atoms with van der Waals surface area (Å²) in [5, 5.41) is 12.4. The number of anilines is 2. The van der Waals surface area contributed by atoms with Crippen molar-refractivity contribution < 1.29 is 18.7 Å². The van der Waals surface area contributed by atoms with Crippen molar-refractivity contribution in [1.82, 2.24) is 10.6 Å². The SMILES string of the molecule is C=c1cc(OCCNC)cc(F)/c1=C(/N=C\C)Nc1ccc(NC(=O)CC(=O)NCC2(C)CCCCC2)cc1. The number of amides is 2. The van der Waals surface area contributed by atoms with Crippen LogP contribution in [-0.4, -0.2) is 44.8 Å². The highest BCUT2D eigenvalue weighted by Crippen LogP contribution is 2.34. The van der Waals surface area contributed by atoms with Gasteiger partial charge in [-0.15, -0.1) is 0 Å². The van der Waals surface area contributed by atoms with Gasteiger partial charge < -0.3 is 26.0 Å². The maximum atomic E-state index is 15.0. The van der Waals surface area contributed by atoms with E-state index in [1.807, 2.05) is 7.05 Å². The first-order valence-corrected chi connectivity index (χ1v) is 13.5. The molecule has 0 bridgehead atoms. The molecule has 2 amide bonds. The molecule has 8 nitrogen and oxygen atoms in total. The molecule has 4 N–H and O–H groups in total. The molecule has 0 radical (unpaired) electrons. The molecular weight excluding hydrogens is 497 g/mol. The highest BCUT2D eigenvalue weighted by molar-refractivity contribution is 6.03. The first-order valence-electron chi connectivity index (χ1n) is 13.5. The van der Waals surface area contributed by atoms with Gasteiger partial charge in [-0.05, 0) is 67.8 Å². The van der Waals surface area contributed by atoms with Gasteiger partial charge >= 0.3 is 0 Å². The van der Waals surface area contributed by atoms with Crippen molar-refractivity contribution in [2.45, 2.75) is 52.4 Å². The topological polar surface area (TPSA) is 104 Å². The van der Waals surface area contributed by atoms with Crippen molar-refractivity contribution in [3.8, 4) is 5.75 Å². The van der Waals surface area contributed by atoms with Gasteiger partial charge in [-0.2, -0.15) is 0 Å². The lowest BCUT2D eigenvalue weighted by molar-refractivity contribution is -0.127. The second-order valence-electron chi connectivity index (χ2n) is 10.2. The molecule has 2 aromatic rings. The molecule has 39 heavy (non-hydrogen) atoms. The number of hydrogen-bond acceptors (Lipinski definition) is 6. The lowest BCUT2D eigenvalue weighted by Crippen LogP contribution is -2.38. The van der Waals surface area contributed by atoms with Gasteiger partial charge in [-0.25, -0.2) is 9.38 Å². The molecule has 0 heterocycles. The van der Waals surface area contributed by atoms with E-state index >= 15 is 4.39 Å². The number of halogens is 1. The minimum atomic E-state index is -0.505. The van der Waals surface area contributed by atoms with Crippen molar-refractivity contribution in [2.24, 2.45) is 10.4 Å². The highest BCUT2D eigenvalue weighted by Gasteiger charge is 2.27. The second-order valence-corrected chi connectivity index (χ2v) is 10.2. The van der Waals surface area contributed by atoms with Crippen molar-refractivity contribution in [3.05, 3.63) is 52.7 Å². The summed E-state index contributed by atoms with van der Waals surface area (Å²) in [7, 11) is 1.81. The zero-order chi connectivity index (χ0) is 28.3. The van der Waals surface area contributed by atoms with Crippen molar-refractivity contribution in [2.75, 3.05) is 37.4 Å². The maximum Gasteiger partial charge on any atom is 0.233 e. The average Bonchev–Trinajstić information content (AvgIpc) is 2.89. The largest absolute Gasteiger partial charge is 0.492 e. The highest BCUT2D eigenvalue weighted by atomic mass is 19.1. The number of likely N-dealkylation sites (N-methyl/N-ethyl adjacent to an activating group) is 1. The van der Waals surface area contributed by atoms with Crippen LogP contribution in [0.5, 0.6) is 5.75 Å². The van der Waals surface area contributed by atoms with E-state index in [9.17, 15) is 9.59 Å². The van der Waals surface area contributed by atoms with E-state index in [0.717, 1.165) is 12.8 Å². The standard InChI is InChI=1S/C30H40FN5O3/c1-5-33-29(28-21(2)17-24(18-25(28)31)39-16-15-32-4)36-23-11-9-22(10-12-23)35-27(38)19-26(37)34-20-30(3)13-7-6-8-14-30/h5,9-12,17-18,32,36H,2,6-8,13-16,19-20H2,1,3-4H3,(H,34,37)(H,35,38)/b29-28-,33-5-. The Bertz CT molecular complexity index is 1270. The molecular formula is C30H40FN5O3. The van der Waals surface area contributed by atoms with Gasteiger partial charge in [0.1, 0.15) is 30.4 Å². The Morgan fingerprint density at radius 2 is 1.74 bits per heavy atom.